The molecule has 2 N–H and O–H groups in total. The summed E-state index contributed by atoms with van der Waals surface area (Å²) >= 11 is 0. The lowest BCUT2D eigenvalue weighted by atomic mass is 10.2. The van der Waals surface area contributed by atoms with Gasteiger partial charge in [0.25, 0.3) is 19.6 Å². The summed E-state index contributed by atoms with van der Waals surface area (Å²) in [5.41, 5.74) is -2.25. The van der Waals surface area contributed by atoms with Gasteiger partial charge in [-0.2, -0.15) is 0 Å². The number of nitrogens with zero attached hydrogens (tertiary/aromatic N) is 3. The van der Waals surface area contributed by atoms with E-state index in [1.54, 1.807) is 27.7 Å². The second-order valence-corrected chi connectivity index (χ2v) is 19.3. The number of aromatic amines is 2. The average Bonchev–Trinajstić information content (AvgIpc) is 3.70. The molecule has 2 aromatic rings. The molecule has 2 aliphatic carbocycles. The molecule has 19 nitrogen and oxygen atoms in total. The van der Waals surface area contributed by atoms with Crippen LogP contribution in [0, 0.1) is 0 Å². The van der Waals surface area contributed by atoms with Crippen LogP contribution in [-0.2, 0) is 45.7 Å². The lowest BCUT2D eigenvalue weighted by molar-refractivity contribution is -0.0251. The normalized spacial score (nSPS) is 23.8. The fraction of sp³-hybridized carbons (Fsp3) is 0.765. The Bertz CT molecular complexity index is 1730. The Morgan fingerprint density at radius 2 is 0.982 bits per heavy atom. The van der Waals surface area contributed by atoms with E-state index in [1.165, 1.54) is 33.7 Å². The van der Waals surface area contributed by atoms with E-state index in [-0.39, 0.29) is 76.9 Å². The van der Waals surface area contributed by atoms with E-state index in [0.717, 1.165) is 0 Å². The van der Waals surface area contributed by atoms with Crippen molar-refractivity contribution in [3.63, 3.8) is 0 Å². The highest BCUT2D eigenvalue weighted by molar-refractivity contribution is 7.53. The first kappa shape index (κ1) is 46.6. The number of nitrogens with one attached hydrogen (secondary N) is 2. The van der Waals surface area contributed by atoms with Crippen LogP contribution in [0.2, 0.25) is 0 Å². The van der Waals surface area contributed by atoms with Crippen LogP contribution in [0.15, 0.2) is 43.7 Å². The molecule has 0 aromatic carbocycles. The first-order valence-electron chi connectivity index (χ1n) is 19.1. The summed E-state index contributed by atoms with van der Waals surface area (Å²) in [6.07, 6.45) is 0.324. The van der Waals surface area contributed by atoms with Crippen molar-refractivity contribution in [2.24, 2.45) is 0 Å². The van der Waals surface area contributed by atoms with E-state index >= 15 is 0 Å². The largest absolute Gasteiger partial charge is 0.363 e. The van der Waals surface area contributed by atoms with Crippen molar-refractivity contribution in [3.8, 4) is 0 Å². The molecule has 2 saturated carbocycles. The molecule has 2 fully saturated rings. The number of rotatable bonds is 23. The minimum Gasteiger partial charge on any atom is -0.363 e. The maximum atomic E-state index is 13.5. The van der Waals surface area contributed by atoms with Gasteiger partial charge in [0.1, 0.15) is 12.7 Å². The topological polar surface area (TPSA) is 221 Å². The lowest BCUT2D eigenvalue weighted by Gasteiger charge is -2.39. The van der Waals surface area contributed by atoms with Gasteiger partial charge in [-0.1, -0.05) is 0 Å². The summed E-state index contributed by atoms with van der Waals surface area (Å²) in [5, 5.41) is 0. The van der Waals surface area contributed by atoms with Crippen LogP contribution in [0.1, 0.15) is 93.2 Å². The van der Waals surface area contributed by atoms with Crippen molar-refractivity contribution >= 4 is 23.7 Å². The molecule has 0 amide bonds. The molecule has 2 heterocycles. The highest BCUT2D eigenvalue weighted by Gasteiger charge is 2.46. The smallest absolute Gasteiger partial charge is 0.356 e. The van der Waals surface area contributed by atoms with Crippen LogP contribution in [0.4, 0.5) is 0 Å². The molecule has 0 unspecified atom stereocenters. The number of aromatic nitrogens is 4. The maximum absolute atomic E-state index is 13.5. The van der Waals surface area contributed by atoms with Crippen molar-refractivity contribution in [1.82, 2.24) is 23.8 Å². The van der Waals surface area contributed by atoms with Gasteiger partial charge in [0.05, 0.1) is 50.8 Å². The molecule has 56 heavy (non-hydrogen) atoms. The minimum atomic E-state index is -3.64. The van der Waals surface area contributed by atoms with Gasteiger partial charge in [-0.05, 0) is 81.1 Å². The zero-order valence-electron chi connectivity index (χ0n) is 33.4. The highest BCUT2D eigenvalue weighted by Crippen LogP contribution is 2.55. The molecular formula is C34H58N5O14P3. The molecule has 318 valence electrons. The highest BCUT2D eigenvalue weighted by atomic mass is 31.2. The van der Waals surface area contributed by atoms with Crippen molar-refractivity contribution < 1.29 is 45.7 Å². The fourth-order valence-corrected chi connectivity index (χ4v) is 11.7. The van der Waals surface area contributed by atoms with Gasteiger partial charge < -0.3 is 36.6 Å². The summed E-state index contributed by atoms with van der Waals surface area (Å²) in [5.74, 6) is 0. The van der Waals surface area contributed by atoms with E-state index in [9.17, 15) is 28.3 Å². The van der Waals surface area contributed by atoms with Gasteiger partial charge in [0.15, 0.2) is 0 Å². The monoisotopic (exact) mass is 853 g/mol. The number of hydrogen-bond donors (Lipinski definition) is 2. The molecule has 2 aliphatic rings. The lowest BCUT2D eigenvalue weighted by Crippen LogP contribution is -2.38. The number of H-pyrrole nitrogens is 2. The molecule has 2 aromatic heterocycles. The SMILES string of the molecule is CCOP(=O)(CO[C@@H]1C[C@H](n2ccc(=O)[nH]c2=O)C[C@H]1OP(O[C@@H]1C[C@@H](n2ccc(=O)[nH]c2=O)C[C@H]1OCP(=O)(OCC)OCC)N(C(C)C)C(C)C)OCC. The summed E-state index contributed by atoms with van der Waals surface area (Å²) in [7, 11) is -9.24. The van der Waals surface area contributed by atoms with Gasteiger partial charge in [0, 0.05) is 48.7 Å². The molecule has 22 heteroatoms. The predicted octanol–water partition coefficient (Wildman–Crippen LogP) is 5.09. The molecule has 0 spiro atoms. The number of hydrogen-bond acceptors (Lipinski definition) is 15. The fourth-order valence-electron chi connectivity index (χ4n) is 7.05. The van der Waals surface area contributed by atoms with E-state index in [2.05, 4.69) is 14.6 Å². The van der Waals surface area contributed by atoms with E-state index in [0.29, 0.717) is 0 Å². The van der Waals surface area contributed by atoms with Gasteiger partial charge in [-0.25, -0.2) is 14.3 Å². The summed E-state index contributed by atoms with van der Waals surface area (Å²) in [6.45, 7) is 15.4. The molecule has 4 rings (SSSR count). The molecule has 0 saturated heterocycles. The third-order valence-electron chi connectivity index (χ3n) is 9.23. The van der Waals surface area contributed by atoms with E-state index in [4.69, 9.17) is 36.6 Å². The third-order valence-corrected chi connectivity index (χ3v) is 15.0. The van der Waals surface area contributed by atoms with Gasteiger partial charge in [-0.15, -0.1) is 0 Å². The molecular weight excluding hydrogens is 795 g/mol. The van der Waals surface area contributed by atoms with Crippen LogP contribution in [0.5, 0.6) is 0 Å². The maximum Gasteiger partial charge on any atom is 0.356 e. The zero-order chi connectivity index (χ0) is 41.2. The molecule has 6 atom stereocenters. The van der Waals surface area contributed by atoms with Crippen molar-refractivity contribution in [1.29, 1.82) is 0 Å². The van der Waals surface area contributed by atoms with Crippen molar-refractivity contribution in [2.45, 2.75) is 130 Å². The number of ether oxygens (including phenoxy) is 2. The van der Waals surface area contributed by atoms with E-state index < -0.39 is 82.7 Å². The van der Waals surface area contributed by atoms with Crippen LogP contribution >= 0.6 is 23.7 Å². The van der Waals surface area contributed by atoms with Gasteiger partial charge >= 0.3 is 26.6 Å². The quantitative estimate of drug-likeness (QED) is 0.139. The van der Waals surface area contributed by atoms with Crippen molar-refractivity contribution in [3.05, 3.63) is 66.2 Å². The average molecular weight is 854 g/mol. The second-order valence-electron chi connectivity index (χ2n) is 13.9. The summed E-state index contributed by atoms with van der Waals surface area (Å²) in [6, 6.07) is 1.40. The molecule has 0 bridgehead atoms. The van der Waals surface area contributed by atoms with Crippen LogP contribution in [0.3, 0.4) is 0 Å². The van der Waals surface area contributed by atoms with Crippen LogP contribution < -0.4 is 22.5 Å². The first-order chi connectivity index (χ1) is 26.6. The van der Waals surface area contributed by atoms with Gasteiger partial charge in [0.2, 0.25) is 0 Å². The minimum absolute atomic E-state index is 0.0925. The summed E-state index contributed by atoms with van der Waals surface area (Å²) < 4.78 is 80.2. The van der Waals surface area contributed by atoms with Crippen LogP contribution in [0.25, 0.3) is 0 Å². The standard InChI is InChI=1S/C34H58N5O14P3/c1-9-48-55(44,49-10-2)21-46-27-17-25(37-15-13-31(40)35-33(37)42)19-29(27)52-54(39(23(5)6)24(7)8)53-30-20-26(38-16-14-32(41)36-34(38)43)18-28(30)47-22-56(45,50-11-3)51-12-4/h13-16,23-30H,9-12,17-22H2,1-8H3,(H,35,40,42)(H,36,41,43)/t25-,26-,27+,28+,29+,30+/m0/s1. The first-order valence-corrected chi connectivity index (χ1v) is 23.7. The Kier molecular flexibility index (Phi) is 17.7. The zero-order valence-corrected chi connectivity index (χ0v) is 36.1. The Morgan fingerprint density at radius 1 is 0.643 bits per heavy atom. The Hall–Kier alpha value is -2.11. The Labute approximate surface area is 327 Å². The predicted molar refractivity (Wildman–Crippen MR) is 209 cm³/mol. The molecule has 0 radical (unpaired) electrons. The second kappa shape index (κ2) is 21.2. The van der Waals surface area contributed by atoms with E-state index in [1.807, 2.05) is 27.7 Å². The summed E-state index contributed by atoms with van der Waals surface area (Å²) in [4.78, 5) is 54.3. The Balaban J connectivity index is 1.71. The molecule has 0 aliphatic heterocycles. The van der Waals surface area contributed by atoms with Crippen molar-refractivity contribution in [2.75, 3.05) is 39.1 Å². The van der Waals surface area contributed by atoms with Gasteiger partial charge in [-0.3, -0.25) is 37.8 Å². The third kappa shape index (κ3) is 12.5. The Morgan fingerprint density at radius 3 is 1.29 bits per heavy atom. The van der Waals surface area contributed by atoms with Crippen LogP contribution in [-0.4, -0.2) is 99.4 Å².